The molecule has 1 aliphatic heterocycles. The van der Waals surface area contributed by atoms with E-state index in [0.29, 0.717) is 36.8 Å². The highest BCUT2D eigenvalue weighted by Gasteiger charge is 2.32. The van der Waals surface area contributed by atoms with Crippen molar-refractivity contribution in [3.8, 4) is 5.75 Å². The van der Waals surface area contributed by atoms with Gasteiger partial charge in [0.2, 0.25) is 0 Å². The molecule has 158 valence electrons. The summed E-state index contributed by atoms with van der Waals surface area (Å²) in [5.74, 6) is 0.207. The van der Waals surface area contributed by atoms with Crippen LogP contribution in [0, 0.1) is 0 Å². The zero-order chi connectivity index (χ0) is 21.3. The Labute approximate surface area is 176 Å². The lowest BCUT2D eigenvalue weighted by Gasteiger charge is -2.28. The van der Waals surface area contributed by atoms with Gasteiger partial charge in [-0.1, -0.05) is 42.5 Å². The van der Waals surface area contributed by atoms with E-state index in [0.717, 1.165) is 11.1 Å². The van der Waals surface area contributed by atoms with Gasteiger partial charge in [-0.25, -0.2) is 9.59 Å². The third-order valence-electron chi connectivity index (χ3n) is 4.62. The summed E-state index contributed by atoms with van der Waals surface area (Å²) in [4.78, 5) is 24.6. The second-order valence-corrected chi connectivity index (χ2v) is 6.75. The second-order valence-electron chi connectivity index (χ2n) is 6.75. The zero-order valence-electron chi connectivity index (χ0n) is 17.1. The van der Waals surface area contributed by atoms with Gasteiger partial charge in [-0.05, 0) is 37.1 Å². The first kappa shape index (κ1) is 21.4. The number of nitrogens with one attached hydrogen (secondary N) is 2. The Kier molecular flexibility index (Phi) is 7.45. The smallest absolute Gasteiger partial charge is 0.338 e. The minimum absolute atomic E-state index is 0.149. The van der Waals surface area contributed by atoms with Crippen LogP contribution in [-0.4, -0.2) is 31.8 Å². The van der Waals surface area contributed by atoms with Crippen LogP contribution in [-0.2, 0) is 20.9 Å². The number of amides is 2. The molecule has 1 atom stereocenters. The van der Waals surface area contributed by atoms with Crippen LogP contribution in [0.25, 0.3) is 0 Å². The average Bonchev–Trinajstić information content (AvgIpc) is 2.76. The van der Waals surface area contributed by atoms with Crippen molar-refractivity contribution < 1.29 is 23.8 Å². The number of allylic oxidation sites excluding steroid dienone is 1. The minimum atomic E-state index is -0.610. The van der Waals surface area contributed by atoms with E-state index in [-0.39, 0.29) is 12.6 Å². The fourth-order valence-electron chi connectivity index (χ4n) is 3.13. The first-order valence-electron chi connectivity index (χ1n) is 9.88. The summed E-state index contributed by atoms with van der Waals surface area (Å²) in [7, 11) is 0. The molecule has 0 saturated heterocycles. The number of carbonyl (C=O) groups is 2. The van der Waals surface area contributed by atoms with Crippen molar-refractivity contribution in [2.24, 2.45) is 0 Å². The number of hydrogen-bond acceptors (Lipinski definition) is 5. The molecule has 2 amide bonds. The molecule has 7 nitrogen and oxygen atoms in total. The van der Waals surface area contributed by atoms with E-state index in [1.54, 1.807) is 6.92 Å². The standard InChI is InChI=1S/C23H26N2O5/c1-3-28-13-14-29-22(26)20-16(2)24-23(27)25-21(20)18-9-11-19(12-10-18)30-15-17-7-5-4-6-8-17/h4-12,21H,3,13-15H2,1-2H3,(H2,24,25,27)/t21-/m1/s1. The van der Waals surface area contributed by atoms with Crippen LogP contribution in [0.15, 0.2) is 65.9 Å². The Morgan fingerprint density at radius 3 is 2.47 bits per heavy atom. The third kappa shape index (κ3) is 5.61. The molecule has 2 aromatic carbocycles. The summed E-state index contributed by atoms with van der Waals surface area (Å²) in [5, 5.41) is 5.43. The van der Waals surface area contributed by atoms with Gasteiger partial charge in [0.05, 0.1) is 18.2 Å². The SMILES string of the molecule is CCOCCOC(=O)C1=C(C)NC(=O)N[C@@H]1c1ccc(OCc2ccccc2)cc1. The van der Waals surface area contributed by atoms with Gasteiger partial charge in [0.1, 0.15) is 19.0 Å². The van der Waals surface area contributed by atoms with E-state index in [1.165, 1.54) is 0 Å². The van der Waals surface area contributed by atoms with Gasteiger partial charge in [0.15, 0.2) is 0 Å². The zero-order valence-corrected chi connectivity index (χ0v) is 17.1. The molecular formula is C23H26N2O5. The van der Waals surface area contributed by atoms with Crippen molar-refractivity contribution >= 4 is 12.0 Å². The Morgan fingerprint density at radius 2 is 1.77 bits per heavy atom. The van der Waals surface area contributed by atoms with Crippen LogP contribution in [0.2, 0.25) is 0 Å². The highest BCUT2D eigenvalue weighted by molar-refractivity contribution is 5.95. The van der Waals surface area contributed by atoms with Crippen molar-refractivity contribution in [3.63, 3.8) is 0 Å². The van der Waals surface area contributed by atoms with Gasteiger partial charge in [-0.3, -0.25) is 0 Å². The summed E-state index contributed by atoms with van der Waals surface area (Å²) in [5.41, 5.74) is 2.66. The molecule has 0 aliphatic carbocycles. The molecule has 0 saturated carbocycles. The maximum absolute atomic E-state index is 12.6. The minimum Gasteiger partial charge on any atom is -0.489 e. The fraction of sp³-hybridized carbons (Fsp3) is 0.304. The normalized spacial score (nSPS) is 15.9. The first-order chi connectivity index (χ1) is 14.6. The molecule has 0 radical (unpaired) electrons. The van der Waals surface area contributed by atoms with E-state index in [1.807, 2.05) is 61.5 Å². The van der Waals surface area contributed by atoms with Gasteiger partial charge < -0.3 is 24.8 Å². The number of rotatable bonds is 9. The molecule has 0 fully saturated rings. The molecule has 0 unspecified atom stereocenters. The molecule has 2 N–H and O–H groups in total. The molecule has 0 spiro atoms. The number of esters is 1. The molecule has 2 aromatic rings. The van der Waals surface area contributed by atoms with Crippen LogP contribution in [0.5, 0.6) is 5.75 Å². The van der Waals surface area contributed by atoms with Crippen LogP contribution in [0.1, 0.15) is 31.0 Å². The van der Waals surface area contributed by atoms with E-state index >= 15 is 0 Å². The first-order valence-corrected chi connectivity index (χ1v) is 9.88. The maximum atomic E-state index is 12.6. The van der Waals surface area contributed by atoms with Crippen molar-refractivity contribution in [1.29, 1.82) is 0 Å². The van der Waals surface area contributed by atoms with Crippen LogP contribution in [0.3, 0.4) is 0 Å². The van der Waals surface area contributed by atoms with E-state index in [2.05, 4.69) is 10.6 Å². The number of ether oxygens (including phenoxy) is 3. The van der Waals surface area contributed by atoms with Gasteiger partial charge in [0.25, 0.3) is 0 Å². The highest BCUT2D eigenvalue weighted by atomic mass is 16.6. The summed E-state index contributed by atoms with van der Waals surface area (Å²) in [6, 6.07) is 16.2. The molecule has 0 aromatic heterocycles. The fourth-order valence-corrected chi connectivity index (χ4v) is 3.13. The Balaban J connectivity index is 1.70. The lowest BCUT2D eigenvalue weighted by atomic mass is 9.95. The van der Waals surface area contributed by atoms with Crippen LogP contribution in [0.4, 0.5) is 4.79 Å². The van der Waals surface area contributed by atoms with E-state index in [4.69, 9.17) is 14.2 Å². The number of hydrogen-bond donors (Lipinski definition) is 2. The topological polar surface area (TPSA) is 85.9 Å². The third-order valence-corrected chi connectivity index (χ3v) is 4.62. The second kappa shape index (κ2) is 10.5. The summed E-state index contributed by atoms with van der Waals surface area (Å²) >= 11 is 0. The Morgan fingerprint density at radius 1 is 1.03 bits per heavy atom. The molecule has 7 heteroatoms. The van der Waals surface area contributed by atoms with Gasteiger partial charge in [0, 0.05) is 12.3 Å². The Bertz CT molecular complexity index is 894. The molecule has 1 heterocycles. The van der Waals surface area contributed by atoms with Gasteiger partial charge in [-0.2, -0.15) is 0 Å². The predicted molar refractivity (Wildman–Crippen MR) is 112 cm³/mol. The molecule has 30 heavy (non-hydrogen) atoms. The van der Waals surface area contributed by atoms with E-state index in [9.17, 15) is 9.59 Å². The van der Waals surface area contributed by atoms with Crippen molar-refractivity contribution in [1.82, 2.24) is 10.6 Å². The molecule has 0 bridgehead atoms. The summed E-state index contributed by atoms with van der Waals surface area (Å²) in [6.07, 6.45) is 0. The van der Waals surface area contributed by atoms with Crippen molar-refractivity contribution in [2.45, 2.75) is 26.5 Å². The van der Waals surface area contributed by atoms with E-state index < -0.39 is 12.0 Å². The van der Waals surface area contributed by atoms with Crippen molar-refractivity contribution in [3.05, 3.63) is 77.0 Å². The number of benzene rings is 2. The van der Waals surface area contributed by atoms with Crippen LogP contribution >= 0.6 is 0 Å². The van der Waals surface area contributed by atoms with Gasteiger partial charge in [-0.15, -0.1) is 0 Å². The molecule has 3 rings (SSSR count). The highest BCUT2D eigenvalue weighted by Crippen LogP contribution is 2.29. The number of carbonyl (C=O) groups excluding carboxylic acids is 2. The van der Waals surface area contributed by atoms with Gasteiger partial charge >= 0.3 is 12.0 Å². The average molecular weight is 410 g/mol. The largest absolute Gasteiger partial charge is 0.489 e. The number of urea groups is 1. The quantitative estimate of drug-likeness (QED) is 0.488. The Hall–Kier alpha value is -3.32. The lowest BCUT2D eigenvalue weighted by Crippen LogP contribution is -2.45. The maximum Gasteiger partial charge on any atom is 0.338 e. The monoisotopic (exact) mass is 410 g/mol. The molecule has 1 aliphatic rings. The summed E-state index contributed by atoms with van der Waals surface area (Å²) < 4.78 is 16.3. The van der Waals surface area contributed by atoms with Crippen molar-refractivity contribution in [2.75, 3.05) is 19.8 Å². The lowest BCUT2D eigenvalue weighted by molar-refractivity contribution is -0.141. The summed E-state index contributed by atoms with van der Waals surface area (Å²) in [6.45, 7) is 5.04. The molecular weight excluding hydrogens is 384 g/mol. The predicted octanol–water partition coefficient (Wildman–Crippen LogP) is 3.47. The van der Waals surface area contributed by atoms with Crippen LogP contribution < -0.4 is 15.4 Å².